The summed E-state index contributed by atoms with van der Waals surface area (Å²) in [4.78, 5) is 12.0. The van der Waals surface area contributed by atoms with Crippen LogP contribution in [0.1, 0.15) is 33.3 Å². The lowest BCUT2D eigenvalue weighted by atomic mass is 10.0. The average Bonchev–Trinajstić information content (AvgIpc) is 2.84. The fourth-order valence-corrected chi connectivity index (χ4v) is 2.96. The molecule has 0 aromatic heterocycles. The van der Waals surface area contributed by atoms with E-state index in [-0.39, 0.29) is 10.8 Å². The molecule has 0 unspecified atom stereocenters. The van der Waals surface area contributed by atoms with Crippen LogP contribution in [0.15, 0.2) is 0 Å². The van der Waals surface area contributed by atoms with E-state index >= 15 is 0 Å². The van der Waals surface area contributed by atoms with Gasteiger partial charge in [-0.15, -0.1) is 0 Å². The van der Waals surface area contributed by atoms with Gasteiger partial charge >= 0.3 is 5.97 Å². The topological polar surface area (TPSA) is 26.3 Å². The molecule has 0 bridgehead atoms. The number of carbonyl (C=O) groups excluding carboxylic acids is 1. The van der Waals surface area contributed by atoms with Crippen LogP contribution in [0.5, 0.6) is 0 Å². The molecule has 0 aliphatic heterocycles. The molecule has 0 saturated heterocycles. The Morgan fingerprint density at radius 3 is 1.77 bits per heavy atom. The summed E-state index contributed by atoms with van der Waals surface area (Å²) in [5.41, 5.74) is -1.64. The maximum atomic E-state index is 13.6. The van der Waals surface area contributed by atoms with Gasteiger partial charge in [-0.3, -0.25) is 4.79 Å². The van der Waals surface area contributed by atoms with Gasteiger partial charge in [-0.2, -0.15) is 0 Å². The zero-order valence-electron chi connectivity index (χ0n) is 12.5. The van der Waals surface area contributed by atoms with Crippen molar-refractivity contribution < 1.29 is 27.1 Å². The number of ether oxygens (including phenoxy) is 1. The Morgan fingerprint density at radius 1 is 1.00 bits per heavy atom. The van der Waals surface area contributed by atoms with E-state index in [1.54, 1.807) is 0 Å². The summed E-state index contributed by atoms with van der Waals surface area (Å²) in [6.07, 6.45) is 0. The van der Waals surface area contributed by atoms with Crippen molar-refractivity contribution in [1.82, 2.24) is 0 Å². The number of halogens is 5. The van der Waals surface area contributed by atoms with Crippen LogP contribution in [0.25, 0.3) is 0 Å². The Labute approximate surface area is 130 Å². The van der Waals surface area contributed by atoms with Crippen LogP contribution in [-0.2, 0) is 16.1 Å². The summed E-state index contributed by atoms with van der Waals surface area (Å²) >= 11 is 5.12. The van der Waals surface area contributed by atoms with Crippen molar-refractivity contribution in [3.05, 3.63) is 33.9 Å². The summed E-state index contributed by atoms with van der Waals surface area (Å²) in [7, 11) is 0. The Hall–Kier alpha value is -1.30. The van der Waals surface area contributed by atoms with E-state index in [4.69, 9.17) is 16.3 Å². The maximum absolute atomic E-state index is 13.6. The van der Waals surface area contributed by atoms with E-state index in [0.29, 0.717) is 0 Å². The van der Waals surface area contributed by atoms with Crippen molar-refractivity contribution in [2.45, 2.75) is 34.3 Å². The van der Waals surface area contributed by atoms with Crippen LogP contribution in [0.4, 0.5) is 17.6 Å². The molecule has 0 spiro atoms. The molecule has 1 aliphatic rings. The zero-order valence-corrected chi connectivity index (χ0v) is 13.2. The number of benzene rings is 1. The lowest BCUT2D eigenvalue weighted by Gasteiger charge is -2.10. The molecule has 0 radical (unpaired) electrons. The SMILES string of the molecule is CC1(C)C(C(=O)OCc2c(F)c(F)c(Cl)c(F)c2F)C1(C)C. The molecule has 1 aliphatic carbocycles. The predicted molar refractivity (Wildman–Crippen MR) is 72.1 cm³/mol. The normalized spacial score (nSPS) is 19.1. The van der Waals surface area contributed by atoms with Crippen LogP contribution in [0.3, 0.4) is 0 Å². The highest BCUT2D eigenvalue weighted by molar-refractivity contribution is 6.30. The van der Waals surface area contributed by atoms with Gasteiger partial charge in [-0.25, -0.2) is 17.6 Å². The van der Waals surface area contributed by atoms with Crippen molar-refractivity contribution in [2.75, 3.05) is 0 Å². The largest absolute Gasteiger partial charge is 0.460 e. The Morgan fingerprint density at radius 2 is 1.41 bits per heavy atom. The van der Waals surface area contributed by atoms with Gasteiger partial charge in [0.05, 0.1) is 11.5 Å². The molecule has 1 aromatic carbocycles. The van der Waals surface area contributed by atoms with Crippen molar-refractivity contribution in [1.29, 1.82) is 0 Å². The average molecular weight is 339 g/mol. The molecule has 1 saturated carbocycles. The molecule has 122 valence electrons. The van der Waals surface area contributed by atoms with Gasteiger partial charge in [0.25, 0.3) is 0 Å². The highest BCUT2D eigenvalue weighted by Crippen LogP contribution is 2.68. The van der Waals surface area contributed by atoms with Gasteiger partial charge in [0.2, 0.25) is 0 Å². The monoisotopic (exact) mass is 338 g/mol. The number of carbonyl (C=O) groups is 1. The van der Waals surface area contributed by atoms with Gasteiger partial charge < -0.3 is 4.74 Å². The second kappa shape index (κ2) is 5.11. The van der Waals surface area contributed by atoms with Crippen molar-refractivity contribution >= 4 is 17.6 Å². The van der Waals surface area contributed by atoms with E-state index in [1.807, 2.05) is 27.7 Å². The van der Waals surface area contributed by atoms with Crippen molar-refractivity contribution in [2.24, 2.45) is 16.7 Å². The highest BCUT2D eigenvalue weighted by Gasteiger charge is 2.69. The minimum Gasteiger partial charge on any atom is -0.460 e. The number of rotatable bonds is 3. The second-order valence-electron chi connectivity index (χ2n) is 6.53. The van der Waals surface area contributed by atoms with Gasteiger partial charge in [-0.05, 0) is 10.8 Å². The maximum Gasteiger partial charge on any atom is 0.310 e. The molecule has 0 atom stereocenters. The Bertz CT molecular complexity index is 612. The summed E-state index contributed by atoms with van der Waals surface area (Å²) in [6.45, 7) is 6.55. The second-order valence-corrected chi connectivity index (χ2v) is 6.91. The number of hydrogen-bond donors (Lipinski definition) is 0. The zero-order chi connectivity index (χ0) is 17.0. The smallest absolute Gasteiger partial charge is 0.310 e. The standard InChI is InChI=1S/C15H15ClF4O2/c1-14(2)12(15(14,3)4)13(21)22-5-6-8(17)10(19)7(16)11(20)9(6)18/h12H,5H2,1-4H3. The van der Waals surface area contributed by atoms with Crippen LogP contribution in [0, 0.1) is 40.0 Å². The van der Waals surface area contributed by atoms with E-state index in [0.717, 1.165) is 0 Å². The molecule has 1 aromatic rings. The first-order valence-electron chi connectivity index (χ1n) is 6.61. The third-order valence-electron chi connectivity index (χ3n) is 4.92. The van der Waals surface area contributed by atoms with Crippen LogP contribution in [0.2, 0.25) is 5.02 Å². The van der Waals surface area contributed by atoms with E-state index in [1.165, 1.54) is 0 Å². The molecule has 7 heteroatoms. The third-order valence-corrected chi connectivity index (χ3v) is 5.25. The Kier molecular flexibility index (Phi) is 3.97. The van der Waals surface area contributed by atoms with Gasteiger partial charge in [0.1, 0.15) is 11.6 Å². The summed E-state index contributed by atoms with van der Waals surface area (Å²) in [5.74, 6) is -7.85. The van der Waals surface area contributed by atoms with Gasteiger partial charge in [0.15, 0.2) is 23.3 Å². The molecule has 22 heavy (non-hydrogen) atoms. The number of hydrogen-bond acceptors (Lipinski definition) is 2. The molecule has 1 fully saturated rings. The van der Waals surface area contributed by atoms with Crippen molar-refractivity contribution in [3.8, 4) is 0 Å². The first-order valence-corrected chi connectivity index (χ1v) is 6.99. The quantitative estimate of drug-likeness (QED) is 0.348. The van der Waals surface area contributed by atoms with Crippen LogP contribution < -0.4 is 0 Å². The van der Waals surface area contributed by atoms with Crippen LogP contribution >= 0.6 is 11.6 Å². The van der Waals surface area contributed by atoms with Gasteiger partial charge in [0, 0.05) is 0 Å². The fraction of sp³-hybridized carbons (Fsp3) is 0.533. The van der Waals surface area contributed by atoms with Crippen molar-refractivity contribution in [3.63, 3.8) is 0 Å². The summed E-state index contributed by atoms with van der Waals surface area (Å²) in [5, 5.41) is -1.27. The molecule has 2 rings (SSSR count). The lowest BCUT2D eigenvalue weighted by molar-refractivity contribution is -0.148. The van der Waals surface area contributed by atoms with E-state index in [2.05, 4.69) is 0 Å². The third kappa shape index (κ3) is 2.28. The first kappa shape index (κ1) is 17.1. The Balaban J connectivity index is 2.19. The van der Waals surface area contributed by atoms with E-state index in [9.17, 15) is 22.4 Å². The predicted octanol–water partition coefficient (Wildman–Crippen LogP) is 4.62. The molecular weight excluding hydrogens is 324 g/mol. The first-order chi connectivity index (χ1) is 9.94. The fourth-order valence-electron chi connectivity index (χ4n) is 2.79. The lowest BCUT2D eigenvalue weighted by Crippen LogP contribution is -2.14. The van der Waals surface area contributed by atoms with Gasteiger partial charge in [-0.1, -0.05) is 39.3 Å². The molecular formula is C15H15ClF4O2. The highest BCUT2D eigenvalue weighted by atomic mass is 35.5. The van der Waals surface area contributed by atoms with Crippen LogP contribution in [-0.4, -0.2) is 5.97 Å². The molecule has 2 nitrogen and oxygen atoms in total. The minimum atomic E-state index is -1.71. The number of esters is 1. The molecule has 0 N–H and O–H groups in total. The minimum absolute atomic E-state index is 0.322. The van der Waals surface area contributed by atoms with E-state index < -0.39 is 52.3 Å². The molecule has 0 heterocycles. The summed E-state index contributed by atoms with van der Waals surface area (Å²) in [6, 6.07) is 0. The summed E-state index contributed by atoms with van der Waals surface area (Å²) < 4.78 is 58.7. The molecule has 0 amide bonds.